The molecular formula is C14H10ClN3. The van der Waals surface area contributed by atoms with Gasteiger partial charge in [-0.15, -0.1) is 0 Å². The van der Waals surface area contributed by atoms with Crippen molar-refractivity contribution in [3.05, 3.63) is 53.6 Å². The number of nitrogens with zero attached hydrogens (tertiary/aromatic N) is 3. The molecule has 3 aromatic rings. The standard InChI is InChI=1S/C14H10ClN3/c1-9-4-13-14(18-3-2-17-13)6-12(9)10-5-11(15)8-16-7-10/h2-8H,1H3. The minimum Gasteiger partial charge on any atom is -0.263 e. The topological polar surface area (TPSA) is 38.7 Å². The Morgan fingerprint density at radius 1 is 0.944 bits per heavy atom. The van der Waals surface area contributed by atoms with Crippen molar-refractivity contribution in [1.29, 1.82) is 0 Å². The number of hydrogen-bond donors (Lipinski definition) is 0. The maximum absolute atomic E-state index is 5.97. The van der Waals surface area contributed by atoms with Crippen molar-refractivity contribution < 1.29 is 0 Å². The van der Waals surface area contributed by atoms with Crippen molar-refractivity contribution in [2.24, 2.45) is 0 Å². The van der Waals surface area contributed by atoms with Crippen LogP contribution >= 0.6 is 11.6 Å². The molecule has 2 heterocycles. The monoisotopic (exact) mass is 255 g/mol. The summed E-state index contributed by atoms with van der Waals surface area (Å²) in [5.41, 5.74) is 4.98. The SMILES string of the molecule is Cc1cc2nccnc2cc1-c1cncc(Cl)c1. The van der Waals surface area contributed by atoms with Gasteiger partial charge in [0.05, 0.1) is 16.1 Å². The second kappa shape index (κ2) is 4.35. The van der Waals surface area contributed by atoms with Crippen LogP contribution in [0.2, 0.25) is 5.02 Å². The number of rotatable bonds is 1. The molecule has 1 aromatic carbocycles. The second-order valence-electron chi connectivity index (χ2n) is 4.10. The lowest BCUT2D eigenvalue weighted by molar-refractivity contribution is 1.28. The van der Waals surface area contributed by atoms with E-state index in [0.29, 0.717) is 5.02 Å². The Hall–Kier alpha value is -2.00. The zero-order valence-corrected chi connectivity index (χ0v) is 10.5. The molecule has 0 amide bonds. The van der Waals surface area contributed by atoms with Gasteiger partial charge in [0.25, 0.3) is 0 Å². The number of hydrogen-bond acceptors (Lipinski definition) is 3. The van der Waals surface area contributed by atoms with Gasteiger partial charge >= 0.3 is 0 Å². The molecule has 88 valence electrons. The van der Waals surface area contributed by atoms with Crippen molar-refractivity contribution in [3.63, 3.8) is 0 Å². The molecule has 0 fully saturated rings. The quantitative estimate of drug-likeness (QED) is 0.666. The summed E-state index contributed by atoms with van der Waals surface area (Å²) in [4.78, 5) is 12.7. The summed E-state index contributed by atoms with van der Waals surface area (Å²) in [6.07, 6.45) is 6.82. The van der Waals surface area contributed by atoms with Gasteiger partial charge in [-0.1, -0.05) is 11.6 Å². The Morgan fingerprint density at radius 2 is 1.67 bits per heavy atom. The molecule has 0 N–H and O–H groups in total. The second-order valence-corrected chi connectivity index (χ2v) is 4.54. The van der Waals surface area contributed by atoms with E-state index in [9.17, 15) is 0 Å². The highest BCUT2D eigenvalue weighted by Crippen LogP contribution is 2.27. The van der Waals surface area contributed by atoms with E-state index in [2.05, 4.69) is 15.0 Å². The minimum absolute atomic E-state index is 0.631. The van der Waals surface area contributed by atoms with Crippen molar-refractivity contribution in [2.45, 2.75) is 6.92 Å². The van der Waals surface area contributed by atoms with Gasteiger partial charge in [-0.05, 0) is 36.2 Å². The Kier molecular flexibility index (Phi) is 2.68. The molecular weight excluding hydrogens is 246 g/mol. The molecule has 0 spiro atoms. The number of aromatic nitrogens is 3. The van der Waals surface area contributed by atoms with E-state index < -0.39 is 0 Å². The summed E-state index contributed by atoms with van der Waals surface area (Å²) in [5.74, 6) is 0. The molecule has 3 nitrogen and oxygen atoms in total. The van der Waals surface area contributed by atoms with Gasteiger partial charge < -0.3 is 0 Å². The molecule has 0 unspecified atom stereocenters. The first-order valence-electron chi connectivity index (χ1n) is 5.56. The van der Waals surface area contributed by atoms with E-state index >= 15 is 0 Å². The average molecular weight is 256 g/mol. The lowest BCUT2D eigenvalue weighted by Crippen LogP contribution is -1.89. The van der Waals surface area contributed by atoms with Crippen LogP contribution in [0, 0.1) is 6.92 Å². The predicted octanol–water partition coefficient (Wildman–Crippen LogP) is 3.65. The zero-order chi connectivity index (χ0) is 12.5. The largest absolute Gasteiger partial charge is 0.263 e. The Bertz CT molecular complexity index is 725. The van der Waals surface area contributed by atoms with E-state index in [4.69, 9.17) is 11.6 Å². The van der Waals surface area contributed by atoms with E-state index in [1.54, 1.807) is 24.8 Å². The summed E-state index contributed by atoms with van der Waals surface area (Å²) in [6, 6.07) is 5.95. The fourth-order valence-corrected chi connectivity index (χ4v) is 2.16. The van der Waals surface area contributed by atoms with Crippen molar-refractivity contribution >= 4 is 22.6 Å². The van der Waals surface area contributed by atoms with Gasteiger partial charge in [-0.25, -0.2) is 0 Å². The van der Waals surface area contributed by atoms with E-state index in [0.717, 1.165) is 27.7 Å². The lowest BCUT2D eigenvalue weighted by Gasteiger charge is -2.07. The first-order chi connectivity index (χ1) is 8.74. The number of pyridine rings is 1. The first-order valence-corrected chi connectivity index (χ1v) is 5.94. The van der Waals surface area contributed by atoms with Crippen LogP contribution in [0.25, 0.3) is 22.2 Å². The van der Waals surface area contributed by atoms with Gasteiger partial charge in [0.15, 0.2) is 0 Å². The summed E-state index contributed by atoms with van der Waals surface area (Å²) < 4.78 is 0. The van der Waals surface area contributed by atoms with Gasteiger partial charge in [-0.2, -0.15) is 0 Å². The molecule has 0 radical (unpaired) electrons. The van der Waals surface area contributed by atoms with Crippen LogP contribution in [0.4, 0.5) is 0 Å². The fraction of sp³-hybridized carbons (Fsp3) is 0.0714. The van der Waals surface area contributed by atoms with E-state index in [-0.39, 0.29) is 0 Å². The van der Waals surface area contributed by atoms with Crippen LogP contribution in [-0.2, 0) is 0 Å². The van der Waals surface area contributed by atoms with Crippen molar-refractivity contribution in [3.8, 4) is 11.1 Å². The van der Waals surface area contributed by atoms with Crippen molar-refractivity contribution in [1.82, 2.24) is 15.0 Å². The summed E-state index contributed by atoms with van der Waals surface area (Å²) in [7, 11) is 0. The molecule has 0 saturated heterocycles. The average Bonchev–Trinajstić information content (AvgIpc) is 2.38. The molecule has 2 aromatic heterocycles. The predicted molar refractivity (Wildman–Crippen MR) is 72.5 cm³/mol. The van der Waals surface area contributed by atoms with Crippen LogP contribution in [-0.4, -0.2) is 15.0 Å². The van der Waals surface area contributed by atoms with Crippen molar-refractivity contribution in [2.75, 3.05) is 0 Å². The summed E-state index contributed by atoms with van der Waals surface area (Å²) in [6.45, 7) is 2.05. The van der Waals surface area contributed by atoms with Crippen LogP contribution in [0.3, 0.4) is 0 Å². The van der Waals surface area contributed by atoms with Crippen LogP contribution in [0.1, 0.15) is 5.56 Å². The summed E-state index contributed by atoms with van der Waals surface area (Å²) >= 11 is 5.97. The fourth-order valence-electron chi connectivity index (χ4n) is 1.99. The highest BCUT2D eigenvalue weighted by Gasteiger charge is 2.06. The number of halogens is 1. The molecule has 0 atom stereocenters. The maximum atomic E-state index is 5.97. The van der Waals surface area contributed by atoms with E-state index in [1.165, 1.54) is 0 Å². The Morgan fingerprint density at radius 3 is 2.39 bits per heavy atom. The molecule has 4 heteroatoms. The molecule has 0 aliphatic heterocycles. The van der Waals surface area contributed by atoms with Crippen LogP contribution < -0.4 is 0 Å². The molecule has 0 aliphatic rings. The molecule has 0 bridgehead atoms. The molecule has 3 rings (SSSR count). The van der Waals surface area contributed by atoms with Gasteiger partial charge in [0.1, 0.15) is 0 Å². The zero-order valence-electron chi connectivity index (χ0n) is 9.76. The van der Waals surface area contributed by atoms with Crippen LogP contribution in [0.5, 0.6) is 0 Å². The first kappa shape index (κ1) is 11.1. The van der Waals surface area contributed by atoms with Gasteiger partial charge in [-0.3, -0.25) is 15.0 Å². The third kappa shape index (κ3) is 1.93. The Balaban J connectivity index is 2.26. The number of benzene rings is 1. The minimum atomic E-state index is 0.631. The normalized spacial score (nSPS) is 10.8. The molecule has 0 saturated carbocycles. The molecule has 18 heavy (non-hydrogen) atoms. The smallest absolute Gasteiger partial charge is 0.0893 e. The maximum Gasteiger partial charge on any atom is 0.0893 e. The number of fused-ring (bicyclic) bond motifs is 1. The highest BCUT2D eigenvalue weighted by atomic mass is 35.5. The van der Waals surface area contributed by atoms with E-state index in [1.807, 2.05) is 25.1 Å². The third-order valence-electron chi connectivity index (χ3n) is 2.83. The van der Waals surface area contributed by atoms with Gasteiger partial charge in [0, 0.05) is 30.4 Å². The lowest BCUT2D eigenvalue weighted by atomic mass is 10.0. The Labute approximate surface area is 109 Å². The highest BCUT2D eigenvalue weighted by molar-refractivity contribution is 6.30. The summed E-state index contributed by atoms with van der Waals surface area (Å²) in [5, 5.41) is 0.631. The third-order valence-corrected chi connectivity index (χ3v) is 3.04. The van der Waals surface area contributed by atoms with Crippen LogP contribution in [0.15, 0.2) is 43.0 Å². The molecule has 0 aliphatic carbocycles. The number of aryl methyl sites for hydroxylation is 1. The van der Waals surface area contributed by atoms with Gasteiger partial charge in [0.2, 0.25) is 0 Å².